The van der Waals surface area contributed by atoms with Crippen LogP contribution in [0.2, 0.25) is 0 Å². The van der Waals surface area contributed by atoms with Gasteiger partial charge in [0.1, 0.15) is 0 Å². The molecule has 0 heterocycles. The summed E-state index contributed by atoms with van der Waals surface area (Å²) in [7, 11) is -1.20. The van der Waals surface area contributed by atoms with Crippen molar-refractivity contribution in [3.8, 4) is 0 Å². The monoisotopic (exact) mass is 217 g/mol. The van der Waals surface area contributed by atoms with Gasteiger partial charge in [0, 0.05) is 10.3 Å². The van der Waals surface area contributed by atoms with E-state index in [-0.39, 0.29) is 10.3 Å². The van der Waals surface area contributed by atoms with Gasteiger partial charge >= 0.3 is 0 Å². The van der Waals surface area contributed by atoms with Crippen LogP contribution in [0, 0.1) is 11.8 Å². The molecule has 14 heavy (non-hydrogen) atoms. The summed E-state index contributed by atoms with van der Waals surface area (Å²) in [5.41, 5.74) is 0. The van der Waals surface area contributed by atoms with E-state index >= 15 is 0 Å². The fraction of sp³-hybridized carbons (Fsp3) is 1.00. The maximum Gasteiger partial charge on any atom is 0.0838 e. The second-order valence-corrected chi connectivity index (χ2v) is 8.81. The third kappa shape index (κ3) is 2.57. The minimum Gasteiger partial charge on any atom is -0.286 e. The van der Waals surface area contributed by atoms with Gasteiger partial charge in [-0.3, -0.25) is 4.57 Å². The zero-order chi connectivity index (χ0) is 11.7. The highest BCUT2D eigenvalue weighted by molar-refractivity contribution is 7.48. The molecular weight excluding hydrogens is 191 g/mol. The van der Waals surface area contributed by atoms with Crippen molar-refractivity contribution in [2.24, 2.45) is 11.8 Å². The van der Waals surface area contributed by atoms with Crippen molar-refractivity contribution in [2.45, 2.75) is 65.7 Å². The highest BCUT2D eigenvalue weighted by atomic mass is 31.1. The maximum absolute atomic E-state index is 12.5. The standard InChI is InChI=1S/C12H26OP/c1-9(2)11(5,6)14(13)12(7,8)10(3)4/h9-10H,1-8H3. The Morgan fingerprint density at radius 2 is 1.00 bits per heavy atom. The third-order valence-electron chi connectivity index (χ3n) is 3.87. The van der Waals surface area contributed by atoms with E-state index in [1.165, 1.54) is 0 Å². The lowest BCUT2D eigenvalue weighted by Gasteiger charge is -2.38. The zero-order valence-corrected chi connectivity index (χ0v) is 11.9. The van der Waals surface area contributed by atoms with E-state index in [0.717, 1.165) is 0 Å². The van der Waals surface area contributed by atoms with E-state index in [1.54, 1.807) is 0 Å². The average molecular weight is 217 g/mol. The van der Waals surface area contributed by atoms with Crippen molar-refractivity contribution in [3.05, 3.63) is 0 Å². The first-order chi connectivity index (χ1) is 6.04. The first-order valence-electron chi connectivity index (χ1n) is 5.52. The molecule has 0 fully saturated rings. The van der Waals surface area contributed by atoms with E-state index in [9.17, 15) is 4.57 Å². The fourth-order valence-electron chi connectivity index (χ4n) is 1.21. The van der Waals surface area contributed by atoms with Gasteiger partial charge in [-0.25, -0.2) is 0 Å². The van der Waals surface area contributed by atoms with Crippen LogP contribution in [0.25, 0.3) is 0 Å². The molecule has 2 heteroatoms. The molecule has 0 saturated carbocycles. The second kappa shape index (κ2) is 4.31. The van der Waals surface area contributed by atoms with Crippen LogP contribution in [-0.2, 0) is 4.57 Å². The lowest BCUT2D eigenvalue weighted by Crippen LogP contribution is -2.34. The quantitative estimate of drug-likeness (QED) is 0.625. The van der Waals surface area contributed by atoms with Gasteiger partial charge in [0.15, 0.2) is 0 Å². The van der Waals surface area contributed by atoms with Crippen molar-refractivity contribution in [2.75, 3.05) is 0 Å². The molecule has 0 spiro atoms. The van der Waals surface area contributed by atoms with Crippen molar-refractivity contribution in [3.63, 3.8) is 0 Å². The number of rotatable bonds is 4. The Bertz CT molecular complexity index is 192. The molecule has 0 rings (SSSR count). The lowest BCUT2D eigenvalue weighted by atomic mass is 9.98. The van der Waals surface area contributed by atoms with Crippen molar-refractivity contribution in [1.29, 1.82) is 0 Å². The van der Waals surface area contributed by atoms with Gasteiger partial charge in [0.05, 0.1) is 7.80 Å². The molecule has 0 atom stereocenters. The van der Waals surface area contributed by atoms with Crippen molar-refractivity contribution >= 4 is 7.80 Å². The number of hydrogen-bond donors (Lipinski definition) is 0. The summed E-state index contributed by atoms with van der Waals surface area (Å²) in [4.78, 5) is 0. The Balaban J connectivity index is 4.96. The maximum atomic E-state index is 12.5. The molecule has 85 valence electrons. The molecule has 0 bridgehead atoms. The van der Waals surface area contributed by atoms with E-state index in [0.29, 0.717) is 11.8 Å². The Labute approximate surface area is 90.5 Å². The van der Waals surface area contributed by atoms with Crippen LogP contribution in [0.1, 0.15) is 55.4 Å². The van der Waals surface area contributed by atoms with Gasteiger partial charge in [-0.05, 0) is 39.5 Å². The highest BCUT2D eigenvalue weighted by Gasteiger charge is 2.41. The summed E-state index contributed by atoms with van der Waals surface area (Å²) in [5, 5.41) is -0.133. The molecule has 0 unspecified atom stereocenters. The molecule has 0 N–H and O–H groups in total. The molecule has 1 nitrogen and oxygen atoms in total. The van der Waals surface area contributed by atoms with E-state index in [1.807, 2.05) is 0 Å². The van der Waals surface area contributed by atoms with Crippen molar-refractivity contribution < 1.29 is 4.57 Å². The van der Waals surface area contributed by atoms with Gasteiger partial charge < -0.3 is 0 Å². The first kappa shape index (κ1) is 14.1. The average Bonchev–Trinajstić information content (AvgIpc) is 2.02. The fourth-order valence-corrected chi connectivity index (χ4v) is 3.64. The van der Waals surface area contributed by atoms with E-state index < -0.39 is 7.80 Å². The van der Waals surface area contributed by atoms with Crippen LogP contribution >= 0.6 is 7.80 Å². The smallest absolute Gasteiger partial charge is 0.0838 e. The molecule has 0 aromatic rings. The predicted octanol–water partition coefficient (Wildman–Crippen LogP) is 4.68. The van der Waals surface area contributed by atoms with Gasteiger partial charge in [0.25, 0.3) is 0 Å². The molecule has 0 saturated heterocycles. The SMILES string of the molecule is CC(C)C(C)(C)[P](=O)C(C)(C)C(C)C. The summed E-state index contributed by atoms with van der Waals surface area (Å²) in [6, 6.07) is 0. The molecule has 1 radical (unpaired) electrons. The van der Waals surface area contributed by atoms with Gasteiger partial charge in [-0.15, -0.1) is 0 Å². The minimum atomic E-state index is -1.20. The third-order valence-corrected chi connectivity index (χ3v) is 7.00. The van der Waals surface area contributed by atoms with Crippen LogP contribution in [0.4, 0.5) is 0 Å². The molecule has 0 amide bonds. The Hall–Kier alpha value is 0.100. The first-order valence-corrected chi connectivity index (χ1v) is 6.78. The molecule has 0 aliphatic rings. The zero-order valence-electron chi connectivity index (χ0n) is 11.0. The highest BCUT2D eigenvalue weighted by Crippen LogP contribution is 2.55. The van der Waals surface area contributed by atoms with Crippen LogP contribution in [-0.4, -0.2) is 10.3 Å². The molecular formula is C12H26OP. The molecule has 0 aromatic heterocycles. The minimum absolute atomic E-state index is 0.0664. The normalized spacial score (nSPS) is 13.9. The lowest BCUT2D eigenvalue weighted by molar-refractivity contribution is 0.412. The van der Waals surface area contributed by atoms with Crippen molar-refractivity contribution in [1.82, 2.24) is 0 Å². The Morgan fingerprint density at radius 3 is 1.14 bits per heavy atom. The summed E-state index contributed by atoms with van der Waals surface area (Å²) >= 11 is 0. The summed E-state index contributed by atoms with van der Waals surface area (Å²) in [5.74, 6) is 0.924. The van der Waals surface area contributed by atoms with E-state index in [2.05, 4.69) is 55.4 Å². The topological polar surface area (TPSA) is 17.1 Å². The number of hydrogen-bond acceptors (Lipinski definition) is 1. The van der Waals surface area contributed by atoms with Gasteiger partial charge in [0.2, 0.25) is 0 Å². The van der Waals surface area contributed by atoms with Crippen LogP contribution < -0.4 is 0 Å². The predicted molar refractivity (Wildman–Crippen MR) is 65.4 cm³/mol. The largest absolute Gasteiger partial charge is 0.286 e. The van der Waals surface area contributed by atoms with Crippen LogP contribution in [0.15, 0.2) is 0 Å². The van der Waals surface area contributed by atoms with E-state index in [4.69, 9.17) is 0 Å². The summed E-state index contributed by atoms with van der Waals surface area (Å²) in [6.45, 7) is 17.1. The van der Waals surface area contributed by atoms with Crippen LogP contribution in [0.3, 0.4) is 0 Å². The van der Waals surface area contributed by atoms with Crippen LogP contribution in [0.5, 0.6) is 0 Å². The molecule has 0 aliphatic heterocycles. The Kier molecular flexibility index (Phi) is 4.34. The summed E-state index contributed by atoms with van der Waals surface area (Å²) in [6.07, 6.45) is 0. The van der Waals surface area contributed by atoms with Gasteiger partial charge in [-0.2, -0.15) is 0 Å². The Morgan fingerprint density at radius 1 is 0.786 bits per heavy atom. The second-order valence-electron chi connectivity index (χ2n) is 5.91. The molecule has 0 aromatic carbocycles. The summed E-state index contributed by atoms with van der Waals surface area (Å²) < 4.78 is 12.5. The molecule has 0 aliphatic carbocycles. The van der Waals surface area contributed by atoms with Gasteiger partial charge in [-0.1, -0.05) is 27.7 Å².